The number of benzene rings is 1. The maximum atomic E-state index is 11.5. The van der Waals surface area contributed by atoms with E-state index in [1.807, 2.05) is 36.7 Å². The SMILES string of the molecule is CCn1nc(C)c(CNc2cc(C(=O)O)c3ccccc3n2)c1C. The lowest BCUT2D eigenvalue weighted by molar-refractivity contribution is 0.0699. The molecular formula is C18H20N4O2. The van der Waals surface area contributed by atoms with Crippen LogP contribution in [0.4, 0.5) is 5.82 Å². The number of nitrogens with one attached hydrogen (secondary N) is 1. The summed E-state index contributed by atoms with van der Waals surface area (Å²) in [5, 5.41) is 17.8. The van der Waals surface area contributed by atoms with Crippen molar-refractivity contribution in [3.05, 3.63) is 52.8 Å². The normalized spacial score (nSPS) is 11.0. The van der Waals surface area contributed by atoms with Gasteiger partial charge >= 0.3 is 5.97 Å². The Balaban J connectivity index is 1.94. The molecular weight excluding hydrogens is 304 g/mol. The Morgan fingerprint density at radius 2 is 2.04 bits per heavy atom. The molecule has 2 aromatic heterocycles. The van der Waals surface area contributed by atoms with E-state index >= 15 is 0 Å². The molecule has 0 amide bonds. The van der Waals surface area contributed by atoms with Gasteiger partial charge < -0.3 is 10.4 Å². The fourth-order valence-electron chi connectivity index (χ4n) is 2.92. The summed E-state index contributed by atoms with van der Waals surface area (Å²) >= 11 is 0. The Morgan fingerprint density at radius 3 is 2.71 bits per heavy atom. The van der Waals surface area contributed by atoms with Gasteiger partial charge in [0, 0.05) is 29.7 Å². The molecule has 6 nitrogen and oxygen atoms in total. The number of aromatic nitrogens is 3. The van der Waals surface area contributed by atoms with Gasteiger partial charge in [0.1, 0.15) is 5.82 Å². The predicted molar refractivity (Wildman–Crippen MR) is 93.4 cm³/mol. The molecule has 0 unspecified atom stereocenters. The average molecular weight is 324 g/mol. The molecule has 2 heterocycles. The summed E-state index contributed by atoms with van der Waals surface area (Å²) in [6.45, 7) is 7.45. The molecule has 0 radical (unpaired) electrons. The van der Waals surface area contributed by atoms with E-state index in [1.54, 1.807) is 12.1 Å². The summed E-state index contributed by atoms with van der Waals surface area (Å²) < 4.78 is 1.96. The van der Waals surface area contributed by atoms with E-state index in [-0.39, 0.29) is 5.56 Å². The fraction of sp³-hybridized carbons (Fsp3) is 0.278. The molecule has 3 aromatic rings. The Hall–Kier alpha value is -2.89. The van der Waals surface area contributed by atoms with Crippen molar-refractivity contribution in [1.29, 1.82) is 0 Å². The smallest absolute Gasteiger partial charge is 0.336 e. The van der Waals surface area contributed by atoms with Crippen molar-refractivity contribution >= 4 is 22.7 Å². The molecule has 0 atom stereocenters. The molecule has 0 saturated carbocycles. The topological polar surface area (TPSA) is 80.0 Å². The van der Waals surface area contributed by atoms with Gasteiger partial charge in [-0.1, -0.05) is 18.2 Å². The third kappa shape index (κ3) is 2.82. The Kier molecular flexibility index (Phi) is 4.20. The number of hydrogen-bond donors (Lipinski definition) is 2. The quantitative estimate of drug-likeness (QED) is 0.752. The van der Waals surface area contributed by atoms with E-state index in [9.17, 15) is 9.90 Å². The minimum atomic E-state index is -0.956. The van der Waals surface area contributed by atoms with Crippen LogP contribution in [0.2, 0.25) is 0 Å². The van der Waals surface area contributed by atoms with E-state index in [4.69, 9.17) is 0 Å². The van der Waals surface area contributed by atoms with Gasteiger partial charge in [0.15, 0.2) is 0 Å². The number of hydrogen-bond acceptors (Lipinski definition) is 4. The number of rotatable bonds is 5. The Labute approximate surface area is 140 Å². The first-order valence-electron chi connectivity index (χ1n) is 7.91. The maximum absolute atomic E-state index is 11.5. The molecule has 24 heavy (non-hydrogen) atoms. The zero-order valence-electron chi connectivity index (χ0n) is 14.0. The molecule has 0 aliphatic heterocycles. The summed E-state index contributed by atoms with van der Waals surface area (Å²) in [4.78, 5) is 16.0. The zero-order valence-corrected chi connectivity index (χ0v) is 14.0. The first-order chi connectivity index (χ1) is 11.5. The van der Waals surface area contributed by atoms with Crippen molar-refractivity contribution in [2.24, 2.45) is 0 Å². The summed E-state index contributed by atoms with van der Waals surface area (Å²) in [6, 6.07) is 8.84. The molecule has 3 rings (SSSR count). The third-order valence-electron chi connectivity index (χ3n) is 4.22. The second-order valence-electron chi connectivity index (χ2n) is 5.70. The van der Waals surface area contributed by atoms with Crippen LogP contribution in [0.1, 0.15) is 34.2 Å². The minimum absolute atomic E-state index is 0.251. The molecule has 0 fully saturated rings. The van der Waals surface area contributed by atoms with Crippen LogP contribution in [-0.2, 0) is 13.1 Å². The molecule has 6 heteroatoms. The van der Waals surface area contributed by atoms with Gasteiger partial charge in [-0.15, -0.1) is 0 Å². The molecule has 0 aliphatic carbocycles. The number of carbonyl (C=O) groups is 1. The number of fused-ring (bicyclic) bond motifs is 1. The third-order valence-corrected chi connectivity index (χ3v) is 4.22. The number of pyridine rings is 1. The second-order valence-corrected chi connectivity index (χ2v) is 5.70. The average Bonchev–Trinajstić information content (AvgIpc) is 2.85. The van der Waals surface area contributed by atoms with Gasteiger partial charge in [0.25, 0.3) is 0 Å². The fourth-order valence-corrected chi connectivity index (χ4v) is 2.92. The van der Waals surface area contributed by atoms with E-state index in [0.29, 0.717) is 23.3 Å². The number of aromatic carboxylic acids is 1. The van der Waals surface area contributed by atoms with E-state index in [2.05, 4.69) is 22.3 Å². The van der Waals surface area contributed by atoms with Crippen LogP contribution >= 0.6 is 0 Å². The van der Waals surface area contributed by atoms with Crippen LogP contribution in [0.15, 0.2) is 30.3 Å². The van der Waals surface area contributed by atoms with Gasteiger partial charge in [0.05, 0.1) is 16.8 Å². The van der Waals surface area contributed by atoms with Crippen LogP contribution < -0.4 is 5.32 Å². The van der Waals surface area contributed by atoms with Crippen molar-refractivity contribution in [2.75, 3.05) is 5.32 Å². The molecule has 2 N–H and O–H groups in total. The maximum Gasteiger partial charge on any atom is 0.336 e. The van der Waals surface area contributed by atoms with Crippen LogP contribution in [0.3, 0.4) is 0 Å². The summed E-state index contributed by atoms with van der Waals surface area (Å²) in [5.41, 5.74) is 4.12. The lowest BCUT2D eigenvalue weighted by atomic mass is 10.1. The van der Waals surface area contributed by atoms with Gasteiger partial charge in [-0.25, -0.2) is 9.78 Å². The first kappa shape index (κ1) is 16.0. The molecule has 0 bridgehead atoms. The van der Waals surface area contributed by atoms with Crippen LogP contribution in [0.25, 0.3) is 10.9 Å². The highest BCUT2D eigenvalue weighted by molar-refractivity contribution is 6.03. The van der Waals surface area contributed by atoms with Gasteiger partial charge in [-0.2, -0.15) is 5.10 Å². The lowest BCUT2D eigenvalue weighted by Crippen LogP contribution is -2.07. The van der Waals surface area contributed by atoms with E-state index in [0.717, 1.165) is 23.5 Å². The highest BCUT2D eigenvalue weighted by Crippen LogP contribution is 2.22. The van der Waals surface area contributed by atoms with E-state index in [1.165, 1.54) is 0 Å². The van der Waals surface area contributed by atoms with Crippen molar-refractivity contribution in [3.8, 4) is 0 Å². The first-order valence-corrected chi connectivity index (χ1v) is 7.91. The largest absolute Gasteiger partial charge is 0.478 e. The van der Waals surface area contributed by atoms with Crippen LogP contribution in [0, 0.1) is 13.8 Å². The monoisotopic (exact) mass is 324 g/mol. The molecule has 0 saturated heterocycles. The van der Waals surface area contributed by atoms with Crippen molar-refractivity contribution in [2.45, 2.75) is 33.9 Å². The Bertz CT molecular complexity index is 915. The lowest BCUT2D eigenvalue weighted by Gasteiger charge is -2.10. The summed E-state index contributed by atoms with van der Waals surface area (Å²) in [5.74, 6) is -0.406. The number of aryl methyl sites for hydroxylation is 2. The number of carboxylic acid groups (broad SMARTS) is 1. The van der Waals surface area contributed by atoms with Crippen LogP contribution in [0.5, 0.6) is 0 Å². The molecule has 1 aromatic carbocycles. The number of carboxylic acids is 1. The standard InChI is InChI=1S/C18H20N4O2/c1-4-22-12(3)15(11(2)21-22)10-19-17-9-14(18(23)24)13-7-5-6-8-16(13)20-17/h5-9H,4,10H2,1-3H3,(H,19,20)(H,23,24). The van der Waals surface area contributed by atoms with Gasteiger partial charge in [-0.3, -0.25) is 4.68 Å². The number of anilines is 1. The van der Waals surface area contributed by atoms with Crippen molar-refractivity contribution < 1.29 is 9.90 Å². The molecule has 124 valence electrons. The summed E-state index contributed by atoms with van der Waals surface area (Å²) in [7, 11) is 0. The zero-order chi connectivity index (χ0) is 17.3. The minimum Gasteiger partial charge on any atom is -0.478 e. The second kappa shape index (κ2) is 6.31. The molecule has 0 spiro atoms. The highest BCUT2D eigenvalue weighted by atomic mass is 16.4. The Morgan fingerprint density at radius 1 is 1.29 bits per heavy atom. The van der Waals surface area contributed by atoms with E-state index < -0.39 is 5.97 Å². The van der Waals surface area contributed by atoms with Crippen molar-refractivity contribution in [1.82, 2.24) is 14.8 Å². The predicted octanol–water partition coefficient (Wildman–Crippen LogP) is 3.38. The number of para-hydroxylation sites is 1. The highest BCUT2D eigenvalue weighted by Gasteiger charge is 2.13. The van der Waals surface area contributed by atoms with Crippen LogP contribution in [-0.4, -0.2) is 25.8 Å². The van der Waals surface area contributed by atoms with Gasteiger partial charge in [-0.05, 0) is 32.9 Å². The van der Waals surface area contributed by atoms with Crippen molar-refractivity contribution in [3.63, 3.8) is 0 Å². The van der Waals surface area contributed by atoms with Gasteiger partial charge in [0.2, 0.25) is 0 Å². The summed E-state index contributed by atoms with van der Waals surface area (Å²) in [6.07, 6.45) is 0. The number of nitrogens with zero attached hydrogens (tertiary/aromatic N) is 3. The molecule has 0 aliphatic rings.